The molecule has 3 aromatic carbocycles. The minimum atomic E-state index is 0.0208. The normalized spacial score (nSPS) is 11.1. The van der Waals surface area contributed by atoms with Crippen LogP contribution in [0.5, 0.6) is 34.5 Å². The Balaban J connectivity index is 1.91. The molecule has 0 saturated carbocycles. The van der Waals surface area contributed by atoms with Crippen molar-refractivity contribution in [2.75, 3.05) is 26.4 Å². The highest BCUT2D eigenvalue weighted by atomic mass is 16.5. The molecule has 0 amide bonds. The maximum atomic E-state index is 11.4. The lowest BCUT2D eigenvalue weighted by atomic mass is 10.0. The number of hydrogen-bond donors (Lipinski definition) is 2. The molecule has 1 heterocycles. The first kappa shape index (κ1) is 37.3. The Hall–Kier alpha value is -4.53. The van der Waals surface area contributed by atoms with Crippen LogP contribution >= 0.6 is 0 Å². The van der Waals surface area contributed by atoms with Crippen LogP contribution in [0.1, 0.15) is 95.8 Å². The lowest BCUT2D eigenvalue weighted by Gasteiger charge is -2.18. The van der Waals surface area contributed by atoms with Gasteiger partial charge in [-0.2, -0.15) is 0 Å². The largest absolute Gasteiger partial charge is 0.507 e. The Morgan fingerprint density at radius 3 is 1.16 bits per heavy atom. The zero-order chi connectivity index (χ0) is 35.3. The van der Waals surface area contributed by atoms with Crippen molar-refractivity contribution in [2.24, 2.45) is 0 Å². The summed E-state index contributed by atoms with van der Waals surface area (Å²) < 4.78 is 24.4. The molecule has 0 spiro atoms. The average molecular weight is 672 g/mol. The van der Waals surface area contributed by atoms with Gasteiger partial charge in [0.2, 0.25) is 0 Å². The van der Waals surface area contributed by atoms with E-state index in [0.717, 1.165) is 62.7 Å². The van der Waals surface area contributed by atoms with Crippen molar-refractivity contribution in [3.8, 4) is 68.7 Å². The van der Waals surface area contributed by atoms with Crippen LogP contribution < -0.4 is 18.9 Å². The Kier molecular flexibility index (Phi) is 13.9. The van der Waals surface area contributed by atoms with Crippen molar-refractivity contribution in [1.82, 2.24) is 15.0 Å². The molecule has 4 rings (SSSR count). The lowest BCUT2D eigenvalue weighted by molar-refractivity contribution is 0.291. The first-order chi connectivity index (χ1) is 23.7. The number of phenolic OH excluding ortho intramolecular Hbond substituents is 2. The van der Waals surface area contributed by atoms with Gasteiger partial charge in [-0.15, -0.1) is 0 Å². The third-order valence-electron chi connectivity index (χ3n) is 8.49. The van der Waals surface area contributed by atoms with Gasteiger partial charge in [0.25, 0.3) is 0 Å². The van der Waals surface area contributed by atoms with Crippen molar-refractivity contribution in [1.29, 1.82) is 0 Å². The van der Waals surface area contributed by atoms with E-state index < -0.39 is 0 Å². The molecular formula is C40H53N3O6. The van der Waals surface area contributed by atoms with E-state index in [-0.39, 0.29) is 23.1 Å². The fourth-order valence-electron chi connectivity index (χ4n) is 5.26. The van der Waals surface area contributed by atoms with Crippen molar-refractivity contribution in [2.45, 2.75) is 99.8 Å². The zero-order valence-corrected chi connectivity index (χ0v) is 30.3. The molecule has 0 saturated heterocycles. The monoisotopic (exact) mass is 671 g/mol. The summed E-state index contributed by atoms with van der Waals surface area (Å²) >= 11 is 0. The second-order valence-electron chi connectivity index (χ2n) is 12.3. The Morgan fingerprint density at radius 2 is 0.776 bits per heavy atom. The molecule has 2 N–H and O–H groups in total. The number of phenols is 2. The second kappa shape index (κ2) is 18.3. The second-order valence-corrected chi connectivity index (χ2v) is 12.3. The molecule has 4 aromatic rings. The van der Waals surface area contributed by atoms with Crippen LogP contribution in [0.4, 0.5) is 0 Å². The molecule has 0 unspecified atom stereocenters. The first-order valence-corrected chi connectivity index (χ1v) is 17.8. The molecule has 0 aliphatic carbocycles. The molecule has 9 nitrogen and oxygen atoms in total. The van der Waals surface area contributed by atoms with Crippen LogP contribution in [-0.4, -0.2) is 51.6 Å². The SMILES string of the molecule is CCCCOc1ccc(-c2nc(-c3ccc(OCCCC)c(C)c3O)nc(-c3ccc(OCCCC)c(C)c3OCCCC)n2)c(O)c1C. The van der Waals surface area contributed by atoms with Crippen LogP contribution in [0.3, 0.4) is 0 Å². The number of nitrogens with zero attached hydrogens (tertiary/aromatic N) is 3. The molecular weight excluding hydrogens is 618 g/mol. The molecule has 9 heteroatoms. The maximum Gasteiger partial charge on any atom is 0.167 e. The number of rotatable bonds is 19. The maximum absolute atomic E-state index is 11.4. The first-order valence-electron chi connectivity index (χ1n) is 17.8. The van der Waals surface area contributed by atoms with Gasteiger partial charge in [0.1, 0.15) is 34.5 Å². The Bertz CT molecular complexity index is 1610. The summed E-state index contributed by atoms with van der Waals surface area (Å²) in [6.07, 6.45) is 7.69. The van der Waals surface area contributed by atoms with Crippen LogP contribution in [0, 0.1) is 20.8 Å². The van der Waals surface area contributed by atoms with E-state index in [1.807, 2.05) is 45.0 Å². The quantitative estimate of drug-likeness (QED) is 0.0940. The molecule has 1 aromatic heterocycles. The highest BCUT2D eigenvalue weighted by Gasteiger charge is 2.23. The number of aromatic nitrogens is 3. The van der Waals surface area contributed by atoms with E-state index >= 15 is 0 Å². The van der Waals surface area contributed by atoms with Gasteiger partial charge in [-0.25, -0.2) is 15.0 Å². The van der Waals surface area contributed by atoms with Crippen LogP contribution in [0.25, 0.3) is 34.2 Å². The van der Waals surface area contributed by atoms with Gasteiger partial charge in [-0.3, -0.25) is 0 Å². The van der Waals surface area contributed by atoms with E-state index in [2.05, 4.69) is 27.7 Å². The zero-order valence-electron chi connectivity index (χ0n) is 30.3. The van der Waals surface area contributed by atoms with Crippen molar-refractivity contribution < 1.29 is 29.2 Å². The van der Waals surface area contributed by atoms with Crippen molar-refractivity contribution >= 4 is 0 Å². The van der Waals surface area contributed by atoms with E-state index in [0.29, 0.717) is 77.3 Å². The molecule has 0 aliphatic rings. The van der Waals surface area contributed by atoms with Gasteiger partial charge in [-0.1, -0.05) is 53.4 Å². The summed E-state index contributed by atoms with van der Waals surface area (Å²) in [5, 5.41) is 22.9. The predicted octanol–water partition coefficient (Wildman–Crippen LogP) is 9.92. The number of aromatic hydroxyl groups is 2. The van der Waals surface area contributed by atoms with Gasteiger partial charge in [-0.05, 0) is 82.9 Å². The van der Waals surface area contributed by atoms with E-state index in [1.165, 1.54) is 0 Å². The van der Waals surface area contributed by atoms with Gasteiger partial charge in [0, 0.05) is 16.7 Å². The Morgan fingerprint density at radius 1 is 0.449 bits per heavy atom. The fraction of sp³-hybridized carbons (Fsp3) is 0.475. The summed E-state index contributed by atoms with van der Waals surface area (Å²) in [5.41, 5.74) is 3.55. The van der Waals surface area contributed by atoms with Gasteiger partial charge in [0.15, 0.2) is 17.5 Å². The number of ether oxygens (including phenoxy) is 4. The molecule has 264 valence electrons. The van der Waals surface area contributed by atoms with Gasteiger partial charge >= 0.3 is 0 Å². The topological polar surface area (TPSA) is 116 Å². The van der Waals surface area contributed by atoms with E-state index in [4.69, 9.17) is 33.9 Å². The van der Waals surface area contributed by atoms with Crippen LogP contribution in [0.15, 0.2) is 36.4 Å². The highest BCUT2D eigenvalue weighted by Crippen LogP contribution is 2.42. The summed E-state index contributed by atoms with van der Waals surface area (Å²) in [4.78, 5) is 14.6. The Labute approximate surface area is 291 Å². The van der Waals surface area contributed by atoms with E-state index in [1.54, 1.807) is 12.1 Å². The number of benzene rings is 3. The summed E-state index contributed by atoms with van der Waals surface area (Å²) in [6.45, 7) is 16.3. The van der Waals surface area contributed by atoms with Crippen LogP contribution in [0.2, 0.25) is 0 Å². The highest BCUT2D eigenvalue weighted by molar-refractivity contribution is 5.77. The molecule has 0 fully saturated rings. The molecule has 0 bridgehead atoms. The van der Waals surface area contributed by atoms with E-state index in [9.17, 15) is 10.2 Å². The minimum absolute atomic E-state index is 0.0208. The van der Waals surface area contributed by atoms with Gasteiger partial charge in [0.05, 0.1) is 43.1 Å². The third kappa shape index (κ3) is 9.13. The predicted molar refractivity (Wildman–Crippen MR) is 195 cm³/mol. The molecule has 49 heavy (non-hydrogen) atoms. The minimum Gasteiger partial charge on any atom is -0.507 e. The summed E-state index contributed by atoms with van der Waals surface area (Å²) in [7, 11) is 0. The number of unbranched alkanes of at least 4 members (excludes halogenated alkanes) is 4. The fourth-order valence-corrected chi connectivity index (χ4v) is 5.26. The summed E-state index contributed by atoms with van der Waals surface area (Å²) in [5.74, 6) is 3.48. The molecule has 0 radical (unpaired) electrons. The van der Waals surface area contributed by atoms with Crippen molar-refractivity contribution in [3.05, 3.63) is 53.1 Å². The lowest BCUT2D eigenvalue weighted by Crippen LogP contribution is -2.06. The number of hydrogen-bond acceptors (Lipinski definition) is 9. The smallest absolute Gasteiger partial charge is 0.167 e. The average Bonchev–Trinajstić information content (AvgIpc) is 3.10. The summed E-state index contributed by atoms with van der Waals surface area (Å²) in [6, 6.07) is 11.0. The third-order valence-corrected chi connectivity index (χ3v) is 8.49. The molecule has 0 atom stereocenters. The van der Waals surface area contributed by atoms with Crippen molar-refractivity contribution in [3.63, 3.8) is 0 Å². The van der Waals surface area contributed by atoms with Crippen LogP contribution in [-0.2, 0) is 0 Å². The standard InChI is InChI=1S/C40H53N3O6/c1-8-12-22-46-32-19-16-29(35(44)26(32)5)38-41-39(30-17-20-33(27(6)36(30)45)47-23-13-9-2)43-40(42-38)31-18-21-34(48-24-14-10-3)28(7)37(31)49-25-15-11-4/h16-21,44-45H,8-15,22-25H2,1-7H3. The molecule has 0 aliphatic heterocycles. The van der Waals surface area contributed by atoms with Gasteiger partial charge < -0.3 is 29.2 Å².